The van der Waals surface area contributed by atoms with Crippen molar-refractivity contribution in [2.45, 2.75) is 85.5 Å². The van der Waals surface area contributed by atoms with Crippen molar-refractivity contribution < 1.29 is 28.5 Å². The second-order valence-electron chi connectivity index (χ2n) is 8.21. The molecule has 0 N–H and O–H groups in total. The summed E-state index contributed by atoms with van der Waals surface area (Å²) >= 11 is 6.30. The Hall–Kier alpha value is -2.47. The van der Waals surface area contributed by atoms with E-state index in [4.69, 9.17) is 30.5 Å². The van der Waals surface area contributed by atoms with Crippen molar-refractivity contribution in [1.29, 1.82) is 0 Å². The first kappa shape index (κ1) is 27.8. The monoisotopic (exact) mass is 492 g/mol. The Morgan fingerprint density at radius 3 is 1.82 bits per heavy atom. The number of esters is 2. The van der Waals surface area contributed by atoms with Crippen LogP contribution in [0.5, 0.6) is 23.0 Å². The predicted molar refractivity (Wildman–Crippen MR) is 135 cm³/mol. The zero-order valence-electron chi connectivity index (χ0n) is 20.8. The number of unbranched alkanes of at least 4 members (excludes halogenated alkanes) is 3. The first-order valence-electron chi connectivity index (χ1n) is 12.4. The van der Waals surface area contributed by atoms with Crippen LogP contribution in [-0.2, 0) is 9.59 Å². The van der Waals surface area contributed by atoms with Gasteiger partial charge in [-0.2, -0.15) is 0 Å². The molecule has 0 aliphatic rings. The number of rotatable bonds is 15. The average Bonchev–Trinajstić information content (AvgIpc) is 2.81. The number of carbonyl (C=O) groups is 2. The van der Waals surface area contributed by atoms with Gasteiger partial charge in [-0.1, -0.05) is 58.6 Å². The summed E-state index contributed by atoms with van der Waals surface area (Å²) in [4.78, 5) is 25.2. The highest BCUT2D eigenvalue weighted by atomic mass is 35.5. The van der Waals surface area contributed by atoms with Crippen LogP contribution in [0.1, 0.15) is 85.5 Å². The number of carbonyl (C=O) groups excluding carboxylic acids is 2. The van der Waals surface area contributed by atoms with Gasteiger partial charge in [0.05, 0.1) is 13.2 Å². The molecular weight excluding hydrogens is 456 g/mol. The molecule has 0 saturated carbocycles. The molecule has 0 saturated heterocycles. The minimum atomic E-state index is -0.382. The smallest absolute Gasteiger partial charge is 0.311 e. The van der Waals surface area contributed by atoms with Crippen LogP contribution in [0.4, 0.5) is 0 Å². The summed E-state index contributed by atoms with van der Waals surface area (Å²) in [6.45, 7) is 8.74. The van der Waals surface area contributed by atoms with Gasteiger partial charge in [-0.25, -0.2) is 0 Å². The number of fused-ring (bicyclic) bond motifs is 1. The Kier molecular flexibility index (Phi) is 12.0. The van der Waals surface area contributed by atoms with Gasteiger partial charge in [0, 0.05) is 28.6 Å². The van der Waals surface area contributed by atoms with E-state index in [0.29, 0.717) is 41.9 Å². The lowest BCUT2D eigenvalue weighted by atomic mass is 10.1. The predicted octanol–water partition coefficient (Wildman–Crippen LogP) is 7.65. The van der Waals surface area contributed by atoms with Gasteiger partial charge in [-0.3, -0.25) is 9.59 Å². The molecule has 34 heavy (non-hydrogen) atoms. The van der Waals surface area contributed by atoms with Gasteiger partial charge in [-0.15, -0.1) is 0 Å². The molecule has 0 aliphatic carbocycles. The highest BCUT2D eigenvalue weighted by molar-refractivity contribution is 6.31. The van der Waals surface area contributed by atoms with Crippen molar-refractivity contribution >= 4 is 34.3 Å². The highest BCUT2D eigenvalue weighted by Crippen LogP contribution is 2.52. The minimum Gasteiger partial charge on any atom is -0.486 e. The molecule has 0 amide bonds. The van der Waals surface area contributed by atoms with Crippen molar-refractivity contribution in [2.75, 3.05) is 13.2 Å². The first-order valence-corrected chi connectivity index (χ1v) is 12.8. The molecule has 0 spiro atoms. The SMILES string of the molecule is CCCCCCC(=O)Oc1c(OCCC)c(OCCC)c(OC(=O)CCC)c2cc(Cl)ccc12. The molecule has 6 nitrogen and oxygen atoms in total. The van der Waals surface area contributed by atoms with Gasteiger partial charge in [0.25, 0.3) is 0 Å². The summed E-state index contributed by atoms with van der Waals surface area (Å²) in [5, 5.41) is 1.56. The van der Waals surface area contributed by atoms with Crippen molar-refractivity contribution in [3.05, 3.63) is 23.2 Å². The van der Waals surface area contributed by atoms with Gasteiger partial charge in [0.15, 0.2) is 11.5 Å². The lowest BCUT2D eigenvalue weighted by Gasteiger charge is -2.21. The topological polar surface area (TPSA) is 71.1 Å². The van der Waals surface area contributed by atoms with Gasteiger partial charge in [0.1, 0.15) is 0 Å². The highest BCUT2D eigenvalue weighted by Gasteiger charge is 2.28. The molecule has 2 aromatic carbocycles. The fourth-order valence-electron chi connectivity index (χ4n) is 3.46. The van der Waals surface area contributed by atoms with E-state index in [9.17, 15) is 9.59 Å². The molecule has 0 bridgehead atoms. The molecule has 7 heteroatoms. The number of ether oxygens (including phenoxy) is 4. The molecule has 188 valence electrons. The quantitative estimate of drug-likeness (QED) is 0.144. The number of benzene rings is 2. The molecule has 0 heterocycles. The normalized spacial score (nSPS) is 10.9. The van der Waals surface area contributed by atoms with Gasteiger partial charge < -0.3 is 18.9 Å². The van der Waals surface area contributed by atoms with E-state index in [1.807, 2.05) is 20.8 Å². The molecule has 2 rings (SSSR count). The Morgan fingerprint density at radius 1 is 0.676 bits per heavy atom. The average molecular weight is 493 g/mol. The van der Waals surface area contributed by atoms with Crippen molar-refractivity contribution in [3.8, 4) is 23.0 Å². The summed E-state index contributed by atoms with van der Waals surface area (Å²) in [5.41, 5.74) is 0. The van der Waals surface area contributed by atoms with Crippen LogP contribution in [0.25, 0.3) is 10.8 Å². The standard InChI is InChI=1S/C27H37ClO6/c1-5-9-10-11-13-23(30)34-24-20-15-14-19(28)18-21(20)25(33-22(29)12-6-2)27(32-17-8-4)26(24)31-16-7-3/h14-15,18H,5-13,16-17H2,1-4H3. The number of hydrogen-bond acceptors (Lipinski definition) is 6. The van der Waals surface area contributed by atoms with E-state index in [-0.39, 0.29) is 41.4 Å². The van der Waals surface area contributed by atoms with E-state index in [1.165, 1.54) is 0 Å². The van der Waals surface area contributed by atoms with Crippen LogP contribution >= 0.6 is 11.6 Å². The van der Waals surface area contributed by atoms with Crippen molar-refractivity contribution in [1.82, 2.24) is 0 Å². The molecule has 0 aliphatic heterocycles. The van der Waals surface area contributed by atoms with Gasteiger partial charge in [0.2, 0.25) is 11.5 Å². The van der Waals surface area contributed by atoms with Crippen LogP contribution in [0.15, 0.2) is 18.2 Å². The number of halogens is 1. The molecule has 2 aromatic rings. The lowest BCUT2D eigenvalue weighted by Crippen LogP contribution is -2.13. The molecule has 0 atom stereocenters. The maximum atomic E-state index is 12.8. The largest absolute Gasteiger partial charge is 0.486 e. The van der Waals surface area contributed by atoms with Gasteiger partial charge in [-0.05, 0) is 43.9 Å². The Morgan fingerprint density at radius 2 is 1.26 bits per heavy atom. The summed E-state index contributed by atoms with van der Waals surface area (Å²) in [5.74, 6) is 0.299. The molecular formula is C27H37ClO6. The van der Waals surface area contributed by atoms with Crippen LogP contribution in [0.2, 0.25) is 5.02 Å². The molecule has 0 fully saturated rings. The zero-order chi connectivity index (χ0) is 24.9. The number of hydrogen-bond donors (Lipinski definition) is 0. The molecule has 0 aromatic heterocycles. The van der Waals surface area contributed by atoms with Crippen LogP contribution in [0.3, 0.4) is 0 Å². The third-order valence-corrected chi connectivity index (χ3v) is 5.35. The summed E-state index contributed by atoms with van der Waals surface area (Å²) in [6, 6.07) is 5.14. The van der Waals surface area contributed by atoms with Crippen molar-refractivity contribution in [3.63, 3.8) is 0 Å². The summed E-state index contributed by atoms with van der Waals surface area (Å²) in [7, 11) is 0. The Balaban J connectivity index is 2.66. The maximum Gasteiger partial charge on any atom is 0.311 e. The Bertz CT molecular complexity index is 956. The zero-order valence-corrected chi connectivity index (χ0v) is 21.6. The maximum absolute atomic E-state index is 12.8. The third kappa shape index (κ3) is 7.79. The fraction of sp³-hybridized carbons (Fsp3) is 0.556. The fourth-order valence-corrected chi connectivity index (χ4v) is 3.63. The van der Waals surface area contributed by atoms with Gasteiger partial charge >= 0.3 is 11.9 Å². The van der Waals surface area contributed by atoms with E-state index >= 15 is 0 Å². The summed E-state index contributed by atoms with van der Waals surface area (Å²) < 4.78 is 23.7. The van der Waals surface area contributed by atoms with E-state index in [0.717, 1.165) is 38.5 Å². The second-order valence-corrected chi connectivity index (χ2v) is 8.65. The van der Waals surface area contributed by atoms with Crippen LogP contribution in [0, 0.1) is 0 Å². The van der Waals surface area contributed by atoms with E-state index in [1.54, 1.807) is 18.2 Å². The Labute approximate surface area is 207 Å². The van der Waals surface area contributed by atoms with Crippen LogP contribution < -0.4 is 18.9 Å². The summed E-state index contributed by atoms with van der Waals surface area (Å²) in [6.07, 6.45) is 6.58. The van der Waals surface area contributed by atoms with E-state index < -0.39 is 0 Å². The lowest BCUT2D eigenvalue weighted by molar-refractivity contribution is -0.135. The van der Waals surface area contributed by atoms with Crippen molar-refractivity contribution in [2.24, 2.45) is 0 Å². The first-order chi connectivity index (χ1) is 16.5. The van der Waals surface area contributed by atoms with E-state index in [2.05, 4.69) is 6.92 Å². The van der Waals surface area contributed by atoms with Crippen LogP contribution in [-0.4, -0.2) is 25.2 Å². The third-order valence-electron chi connectivity index (χ3n) is 5.11. The second kappa shape index (κ2) is 14.7. The minimum absolute atomic E-state index is 0.234. The molecule has 0 radical (unpaired) electrons. The molecule has 0 unspecified atom stereocenters.